The van der Waals surface area contributed by atoms with E-state index in [9.17, 15) is 0 Å². The Balaban J connectivity index is 2.15. The van der Waals surface area contributed by atoms with Crippen molar-refractivity contribution >= 4 is 12.2 Å². The fourth-order valence-electron chi connectivity index (χ4n) is 2.05. The Hall–Kier alpha value is -2.33. The van der Waals surface area contributed by atoms with Crippen LogP contribution in [0.3, 0.4) is 0 Å². The highest BCUT2D eigenvalue weighted by Gasteiger charge is 2.04. The molecular weight excluding hydrogens is 266 g/mol. The van der Waals surface area contributed by atoms with Crippen LogP contribution in [0.2, 0.25) is 0 Å². The van der Waals surface area contributed by atoms with Crippen molar-refractivity contribution in [1.29, 1.82) is 0 Å². The molecule has 3 rings (SSSR count). The fraction of sp³-hybridized carbons (Fsp3) is 0.0625. The number of benzene rings is 1. The standard InChI is InChI=1S/C16H13N3S/c1-11-7-13(10-17-9-11)14-8-15(20)19-16(18-14)12-5-3-2-4-6-12/h2-10H,1H3,(H,18,19,20). The third-order valence-electron chi connectivity index (χ3n) is 2.98. The molecule has 20 heavy (non-hydrogen) atoms. The van der Waals surface area contributed by atoms with Crippen LogP contribution in [0.25, 0.3) is 22.6 Å². The lowest BCUT2D eigenvalue weighted by Crippen LogP contribution is -1.93. The predicted molar refractivity (Wildman–Crippen MR) is 82.8 cm³/mol. The first kappa shape index (κ1) is 12.7. The van der Waals surface area contributed by atoms with E-state index in [4.69, 9.17) is 12.2 Å². The predicted octanol–water partition coefficient (Wildman–Crippen LogP) is 4.18. The van der Waals surface area contributed by atoms with Crippen molar-refractivity contribution in [1.82, 2.24) is 15.0 Å². The number of aromatic nitrogens is 3. The fourth-order valence-corrected chi connectivity index (χ4v) is 2.26. The minimum absolute atomic E-state index is 0.569. The maximum absolute atomic E-state index is 5.27. The van der Waals surface area contributed by atoms with E-state index in [-0.39, 0.29) is 0 Å². The molecule has 2 aromatic heterocycles. The van der Waals surface area contributed by atoms with Crippen molar-refractivity contribution in [3.05, 3.63) is 65.1 Å². The first-order valence-electron chi connectivity index (χ1n) is 6.31. The Kier molecular flexibility index (Phi) is 3.39. The molecule has 0 saturated heterocycles. The van der Waals surface area contributed by atoms with E-state index in [1.54, 1.807) is 0 Å². The molecule has 1 N–H and O–H groups in total. The first-order chi connectivity index (χ1) is 9.72. The molecule has 0 bridgehead atoms. The van der Waals surface area contributed by atoms with Gasteiger partial charge in [0.1, 0.15) is 10.5 Å². The molecule has 0 fully saturated rings. The maximum Gasteiger partial charge on any atom is 0.139 e. The van der Waals surface area contributed by atoms with Gasteiger partial charge in [-0.25, -0.2) is 4.98 Å². The zero-order valence-corrected chi connectivity index (χ0v) is 11.8. The summed E-state index contributed by atoms with van der Waals surface area (Å²) in [6.45, 7) is 2.02. The molecule has 0 amide bonds. The van der Waals surface area contributed by atoms with Crippen LogP contribution in [0.1, 0.15) is 5.56 Å². The van der Waals surface area contributed by atoms with Gasteiger partial charge in [-0.2, -0.15) is 0 Å². The molecule has 0 aliphatic rings. The number of aryl methyl sites for hydroxylation is 1. The number of H-pyrrole nitrogens is 1. The molecule has 0 saturated carbocycles. The van der Waals surface area contributed by atoms with Crippen molar-refractivity contribution in [2.24, 2.45) is 0 Å². The number of hydrogen-bond acceptors (Lipinski definition) is 3. The molecule has 2 heterocycles. The monoisotopic (exact) mass is 279 g/mol. The molecular formula is C16H13N3S. The van der Waals surface area contributed by atoms with Crippen LogP contribution in [0.5, 0.6) is 0 Å². The van der Waals surface area contributed by atoms with E-state index in [1.165, 1.54) is 0 Å². The normalized spacial score (nSPS) is 10.4. The SMILES string of the molecule is Cc1cncc(-c2cc(=S)nc(-c3ccccc3)[nH]2)c1. The van der Waals surface area contributed by atoms with Gasteiger partial charge < -0.3 is 4.98 Å². The molecule has 4 heteroatoms. The lowest BCUT2D eigenvalue weighted by atomic mass is 10.1. The molecule has 0 aliphatic carbocycles. The molecule has 3 nitrogen and oxygen atoms in total. The Labute approximate surface area is 122 Å². The van der Waals surface area contributed by atoms with Gasteiger partial charge in [-0.05, 0) is 24.6 Å². The highest BCUT2D eigenvalue weighted by Crippen LogP contribution is 2.21. The van der Waals surface area contributed by atoms with Crippen LogP contribution in [-0.2, 0) is 0 Å². The summed E-state index contributed by atoms with van der Waals surface area (Å²) in [5.41, 5.74) is 4.07. The summed E-state index contributed by atoms with van der Waals surface area (Å²) in [4.78, 5) is 11.9. The van der Waals surface area contributed by atoms with Crippen molar-refractivity contribution in [2.75, 3.05) is 0 Å². The van der Waals surface area contributed by atoms with E-state index in [2.05, 4.69) is 21.0 Å². The molecule has 0 spiro atoms. The van der Waals surface area contributed by atoms with Gasteiger partial charge in [-0.3, -0.25) is 4.98 Å². The van der Waals surface area contributed by atoms with E-state index < -0.39 is 0 Å². The topological polar surface area (TPSA) is 41.6 Å². The Morgan fingerprint density at radius 1 is 1.00 bits per heavy atom. The Morgan fingerprint density at radius 2 is 1.80 bits per heavy atom. The van der Waals surface area contributed by atoms with Gasteiger partial charge in [-0.15, -0.1) is 0 Å². The third kappa shape index (κ3) is 2.65. The lowest BCUT2D eigenvalue weighted by Gasteiger charge is -2.06. The molecule has 0 atom stereocenters. The first-order valence-corrected chi connectivity index (χ1v) is 6.72. The van der Waals surface area contributed by atoms with E-state index in [0.29, 0.717) is 4.64 Å². The van der Waals surface area contributed by atoms with Gasteiger partial charge in [0.2, 0.25) is 0 Å². The van der Waals surface area contributed by atoms with Crippen molar-refractivity contribution in [3.63, 3.8) is 0 Å². The summed E-state index contributed by atoms with van der Waals surface area (Å²) in [7, 11) is 0. The number of pyridine rings is 1. The van der Waals surface area contributed by atoms with Gasteiger partial charge in [0, 0.05) is 23.5 Å². The average Bonchev–Trinajstić information content (AvgIpc) is 2.47. The lowest BCUT2D eigenvalue weighted by molar-refractivity contribution is 1.15. The smallest absolute Gasteiger partial charge is 0.139 e. The second kappa shape index (κ2) is 5.35. The van der Waals surface area contributed by atoms with Crippen LogP contribution in [-0.4, -0.2) is 15.0 Å². The van der Waals surface area contributed by atoms with Crippen molar-refractivity contribution < 1.29 is 0 Å². The van der Waals surface area contributed by atoms with Gasteiger partial charge in [-0.1, -0.05) is 42.5 Å². The second-order valence-electron chi connectivity index (χ2n) is 4.60. The summed E-state index contributed by atoms with van der Waals surface area (Å²) in [5, 5.41) is 0. The number of aromatic amines is 1. The Bertz CT molecular complexity index is 794. The highest BCUT2D eigenvalue weighted by atomic mass is 32.1. The molecule has 0 aliphatic heterocycles. The minimum Gasteiger partial charge on any atom is -0.339 e. The Morgan fingerprint density at radius 3 is 2.55 bits per heavy atom. The third-order valence-corrected chi connectivity index (χ3v) is 3.19. The van der Waals surface area contributed by atoms with Gasteiger partial charge in [0.05, 0.1) is 5.69 Å². The summed E-state index contributed by atoms with van der Waals surface area (Å²) < 4.78 is 0.569. The summed E-state index contributed by atoms with van der Waals surface area (Å²) in [6.07, 6.45) is 3.65. The van der Waals surface area contributed by atoms with Gasteiger partial charge >= 0.3 is 0 Å². The van der Waals surface area contributed by atoms with Crippen LogP contribution >= 0.6 is 12.2 Å². The van der Waals surface area contributed by atoms with Crippen molar-refractivity contribution in [2.45, 2.75) is 6.92 Å². The van der Waals surface area contributed by atoms with Crippen LogP contribution < -0.4 is 0 Å². The summed E-state index contributed by atoms with van der Waals surface area (Å²) >= 11 is 5.27. The van der Waals surface area contributed by atoms with Crippen LogP contribution in [0.15, 0.2) is 54.9 Å². The number of nitrogens with zero attached hydrogens (tertiary/aromatic N) is 2. The summed E-state index contributed by atoms with van der Waals surface area (Å²) in [6, 6.07) is 13.9. The van der Waals surface area contributed by atoms with Crippen LogP contribution in [0, 0.1) is 11.6 Å². The maximum atomic E-state index is 5.27. The van der Waals surface area contributed by atoms with E-state index in [0.717, 1.165) is 28.2 Å². The molecule has 0 radical (unpaired) electrons. The van der Waals surface area contributed by atoms with Gasteiger partial charge in [0.25, 0.3) is 0 Å². The van der Waals surface area contributed by atoms with Gasteiger partial charge in [0.15, 0.2) is 0 Å². The zero-order chi connectivity index (χ0) is 13.9. The van der Waals surface area contributed by atoms with Crippen molar-refractivity contribution in [3.8, 4) is 22.6 Å². The summed E-state index contributed by atoms with van der Waals surface area (Å²) in [5.74, 6) is 0.773. The quantitative estimate of drug-likeness (QED) is 0.716. The number of nitrogens with one attached hydrogen (secondary N) is 1. The second-order valence-corrected chi connectivity index (χ2v) is 5.02. The molecule has 3 aromatic rings. The molecule has 98 valence electrons. The van der Waals surface area contributed by atoms with Crippen LogP contribution in [0.4, 0.5) is 0 Å². The molecule has 1 aromatic carbocycles. The average molecular weight is 279 g/mol. The highest BCUT2D eigenvalue weighted by molar-refractivity contribution is 7.71. The van der Waals surface area contributed by atoms with E-state index in [1.807, 2.05) is 55.7 Å². The molecule has 0 unspecified atom stereocenters. The number of hydrogen-bond donors (Lipinski definition) is 1. The number of rotatable bonds is 2. The largest absolute Gasteiger partial charge is 0.339 e. The zero-order valence-electron chi connectivity index (χ0n) is 11.0. The van der Waals surface area contributed by atoms with E-state index >= 15 is 0 Å². The minimum atomic E-state index is 0.569.